The highest BCUT2D eigenvalue weighted by Crippen LogP contribution is 2.18. The number of amides is 2. The number of nitrogens with one attached hydrogen (secondary N) is 3. The Labute approximate surface area is 157 Å². The monoisotopic (exact) mass is 380 g/mol. The Hall–Kier alpha value is -1.64. The summed E-state index contributed by atoms with van der Waals surface area (Å²) in [5, 5.41) is 9.44. The molecule has 0 bridgehead atoms. The molecule has 0 saturated carbocycles. The second kappa shape index (κ2) is 8.83. The summed E-state index contributed by atoms with van der Waals surface area (Å²) in [5.74, 6) is 0.123. The second-order valence-corrected chi connectivity index (χ2v) is 7.91. The zero-order valence-electron chi connectivity index (χ0n) is 14.8. The van der Waals surface area contributed by atoms with Gasteiger partial charge in [-0.05, 0) is 44.0 Å². The van der Waals surface area contributed by atoms with Crippen LogP contribution in [0.1, 0.15) is 26.2 Å². The van der Waals surface area contributed by atoms with Gasteiger partial charge in [0.2, 0.25) is 11.8 Å². The molecule has 8 heteroatoms. The third kappa shape index (κ3) is 5.43. The standard InChI is InChI=1S/C18H25FN4O2S/c1-12-10-16(24)22-18(20-12)23-8-6-14(7-9-23)21-17(25)11-26-15-4-2-13(19)3-5-15/h2-5,12,14,18,20H,6-11H2,1H3,(H,21,25)(H,22,24). The maximum absolute atomic E-state index is 12.9. The Morgan fingerprint density at radius 3 is 2.65 bits per heavy atom. The van der Waals surface area contributed by atoms with E-state index in [-0.39, 0.29) is 36.0 Å². The van der Waals surface area contributed by atoms with Crippen molar-refractivity contribution in [1.29, 1.82) is 0 Å². The van der Waals surface area contributed by atoms with E-state index >= 15 is 0 Å². The largest absolute Gasteiger partial charge is 0.353 e. The lowest BCUT2D eigenvalue weighted by Crippen LogP contribution is -2.65. The fourth-order valence-electron chi connectivity index (χ4n) is 3.31. The number of halogens is 1. The van der Waals surface area contributed by atoms with Crippen LogP contribution in [0.25, 0.3) is 0 Å². The minimum atomic E-state index is -0.274. The molecule has 2 aliphatic rings. The fourth-order valence-corrected chi connectivity index (χ4v) is 4.02. The van der Waals surface area contributed by atoms with Crippen molar-refractivity contribution in [3.05, 3.63) is 30.1 Å². The molecule has 3 rings (SSSR count). The fraction of sp³-hybridized carbons (Fsp3) is 0.556. The maximum Gasteiger partial charge on any atom is 0.230 e. The van der Waals surface area contributed by atoms with E-state index in [1.165, 1.54) is 23.9 Å². The van der Waals surface area contributed by atoms with Crippen LogP contribution in [-0.4, -0.2) is 53.9 Å². The Morgan fingerprint density at radius 2 is 2.00 bits per heavy atom. The molecule has 0 aliphatic carbocycles. The molecule has 26 heavy (non-hydrogen) atoms. The van der Waals surface area contributed by atoms with Gasteiger partial charge in [0.15, 0.2) is 0 Å². The van der Waals surface area contributed by atoms with Gasteiger partial charge in [-0.15, -0.1) is 11.8 Å². The van der Waals surface area contributed by atoms with E-state index in [4.69, 9.17) is 0 Å². The third-order valence-electron chi connectivity index (χ3n) is 4.68. The molecular weight excluding hydrogens is 355 g/mol. The van der Waals surface area contributed by atoms with Gasteiger partial charge in [-0.3, -0.25) is 19.8 Å². The molecule has 2 atom stereocenters. The van der Waals surface area contributed by atoms with Crippen molar-refractivity contribution in [2.24, 2.45) is 0 Å². The molecule has 1 aromatic rings. The molecule has 6 nitrogen and oxygen atoms in total. The van der Waals surface area contributed by atoms with E-state index < -0.39 is 0 Å². The molecule has 0 radical (unpaired) electrons. The van der Waals surface area contributed by atoms with E-state index in [1.807, 2.05) is 6.92 Å². The van der Waals surface area contributed by atoms with Crippen molar-refractivity contribution < 1.29 is 14.0 Å². The Bertz CT molecular complexity index is 635. The zero-order chi connectivity index (χ0) is 18.5. The van der Waals surface area contributed by atoms with Crippen molar-refractivity contribution in [3.63, 3.8) is 0 Å². The summed E-state index contributed by atoms with van der Waals surface area (Å²) in [4.78, 5) is 26.9. The molecule has 0 aromatic heterocycles. The number of thioether (sulfide) groups is 1. The molecule has 2 aliphatic heterocycles. The van der Waals surface area contributed by atoms with Gasteiger partial charge in [0, 0.05) is 36.5 Å². The Morgan fingerprint density at radius 1 is 1.31 bits per heavy atom. The molecule has 0 spiro atoms. The molecule has 2 amide bonds. The van der Waals surface area contributed by atoms with Crippen LogP contribution < -0.4 is 16.0 Å². The lowest BCUT2D eigenvalue weighted by Gasteiger charge is -2.41. The lowest BCUT2D eigenvalue weighted by molar-refractivity contribution is -0.127. The molecule has 2 fully saturated rings. The predicted molar refractivity (Wildman–Crippen MR) is 99.0 cm³/mol. The number of nitrogens with zero attached hydrogens (tertiary/aromatic N) is 1. The molecule has 2 saturated heterocycles. The van der Waals surface area contributed by atoms with Gasteiger partial charge in [-0.25, -0.2) is 4.39 Å². The smallest absolute Gasteiger partial charge is 0.230 e. The van der Waals surface area contributed by atoms with Gasteiger partial charge >= 0.3 is 0 Å². The maximum atomic E-state index is 12.9. The summed E-state index contributed by atoms with van der Waals surface area (Å²) in [6, 6.07) is 6.49. The van der Waals surface area contributed by atoms with Gasteiger partial charge in [-0.1, -0.05) is 0 Å². The van der Waals surface area contributed by atoms with Gasteiger partial charge in [0.25, 0.3) is 0 Å². The van der Waals surface area contributed by atoms with Crippen LogP contribution in [-0.2, 0) is 9.59 Å². The first-order chi connectivity index (χ1) is 12.5. The van der Waals surface area contributed by atoms with Gasteiger partial charge in [-0.2, -0.15) is 0 Å². The first-order valence-corrected chi connectivity index (χ1v) is 9.95. The zero-order valence-corrected chi connectivity index (χ0v) is 15.7. The minimum absolute atomic E-state index is 0.00417. The van der Waals surface area contributed by atoms with Crippen molar-refractivity contribution in [1.82, 2.24) is 20.9 Å². The van der Waals surface area contributed by atoms with E-state index in [0.29, 0.717) is 12.2 Å². The van der Waals surface area contributed by atoms with Crippen LogP contribution in [0.4, 0.5) is 4.39 Å². The number of carbonyl (C=O) groups excluding carboxylic acids is 2. The van der Waals surface area contributed by atoms with Gasteiger partial charge in [0.05, 0.1) is 5.75 Å². The van der Waals surface area contributed by atoms with E-state index in [9.17, 15) is 14.0 Å². The Kier molecular flexibility index (Phi) is 6.50. The van der Waals surface area contributed by atoms with E-state index in [1.54, 1.807) is 12.1 Å². The molecule has 1 aromatic carbocycles. The first-order valence-electron chi connectivity index (χ1n) is 8.97. The van der Waals surface area contributed by atoms with Crippen LogP contribution in [0.15, 0.2) is 29.2 Å². The highest BCUT2D eigenvalue weighted by Gasteiger charge is 2.30. The normalized spacial score (nSPS) is 24.9. The topological polar surface area (TPSA) is 73.5 Å². The van der Waals surface area contributed by atoms with Crippen LogP contribution in [0.2, 0.25) is 0 Å². The summed E-state index contributed by atoms with van der Waals surface area (Å²) in [6.07, 6.45) is 2.11. The quantitative estimate of drug-likeness (QED) is 0.671. The molecule has 2 heterocycles. The van der Waals surface area contributed by atoms with Crippen molar-refractivity contribution in [3.8, 4) is 0 Å². The van der Waals surface area contributed by atoms with Crippen molar-refractivity contribution in [2.45, 2.75) is 49.5 Å². The number of benzene rings is 1. The molecule has 3 N–H and O–H groups in total. The average Bonchev–Trinajstić information content (AvgIpc) is 2.61. The Balaban J connectivity index is 1.38. The van der Waals surface area contributed by atoms with E-state index in [2.05, 4.69) is 20.9 Å². The van der Waals surface area contributed by atoms with Crippen LogP contribution >= 0.6 is 11.8 Å². The van der Waals surface area contributed by atoms with Crippen LogP contribution in [0, 0.1) is 5.82 Å². The summed E-state index contributed by atoms with van der Waals surface area (Å²) in [6.45, 7) is 3.65. The van der Waals surface area contributed by atoms with Crippen molar-refractivity contribution >= 4 is 23.6 Å². The lowest BCUT2D eigenvalue weighted by atomic mass is 10.0. The number of likely N-dealkylation sites (tertiary alicyclic amines) is 1. The number of rotatable bonds is 5. The minimum Gasteiger partial charge on any atom is -0.353 e. The van der Waals surface area contributed by atoms with E-state index in [0.717, 1.165) is 30.8 Å². The predicted octanol–water partition coefficient (Wildman–Crippen LogP) is 1.28. The van der Waals surface area contributed by atoms with Crippen LogP contribution in [0.5, 0.6) is 0 Å². The summed E-state index contributed by atoms with van der Waals surface area (Å²) in [5.41, 5.74) is 0. The third-order valence-corrected chi connectivity index (χ3v) is 5.69. The molecule has 2 unspecified atom stereocenters. The average molecular weight is 380 g/mol. The number of piperidine rings is 1. The highest BCUT2D eigenvalue weighted by atomic mass is 32.2. The number of hydrogen-bond donors (Lipinski definition) is 3. The van der Waals surface area contributed by atoms with Gasteiger partial charge < -0.3 is 10.6 Å². The summed E-state index contributed by atoms with van der Waals surface area (Å²) >= 11 is 1.40. The van der Waals surface area contributed by atoms with Crippen molar-refractivity contribution in [2.75, 3.05) is 18.8 Å². The van der Waals surface area contributed by atoms with Gasteiger partial charge in [0.1, 0.15) is 12.1 Å². The summed E-state index contributed by atoms with van der Waals surface area (Å²) in [7, 11) is 0. The van der Waals surface area contributed by atoms with Crippen LogP contribution in [0.3, 0.4) is 0 Å². The summed E-state index contributed by atoms with van der Waals surface area (Å²) < 4.78 is 12.9. The molecular formula is C18H25FN4O2S. The SMILES string of the molecule is CC1CC(=O)NC(N2CCC(NC(=O)CSc3ccc(F)cc3)CC2)N1. The number of hydrogen-bond acceptors (Lipinski definition) is 5. The first kappa shape index (κ1) is 19.1. The number of carbonyl (C=O) groups is 2. The second-order valence-electron chi connectivity index (χ2n) is 6.86. The molecule has 142 valence electrons. The highest BCUT2D eigenvalue weighted by molar-refractivity contribution is 8.00.